The number of benzene rings is 11. The zero-order valence-corrected chi connectivity index (χ0v) is 67.9. The van der Waals surface area contributed by atoms with E-state index in [4.69, 9.17) is 18.6 Å². The highest BCUT2D eigenvalue weighted by molar-refractivity contribution is 7.08. The van der Waals surface area contributed by atoms with Crippen LogP contribution in [0.2, 0.25) is 0 Å². The highest BCUT2D eigenvalue weighted by Crippen LogP contribution is 2.48. The molecule has 3 aliphatic rings. The molecule has 113 heavy (non-hydrogen) atoms. The average Bonchev–Trinajstić information content (AvgIpc) is 0.394. The molecule has 0 saturated heterocycles. The quantitative estimate of drug-likeness (QED) is 0.0227. The number of aromatic hydroxyl groups is 1. The first-order valence-corrected chi connectivity index (χ1v) is 42.0. The second-order valence-corrected chi connectivity index (χ2v) is 36.8. The van der Waals surface area contributed by atoms with Crippen LogP contribution in [-0.2, 0) is 45.8 Å². The molecule has 0 radical (unpaired) electrons. The lowest BCUT2D eigenvalue weighted by Crippen LogP contribution is -2.72. The van der Waals surface area contributed by atoms with Crippen molar-refractivity contribution in [3.63, 3.8) is 0 Å². The summed E-state index contributed by atoms with van der Waals surface area (Å²) in [5.74, 6) is -0.731. The number of phenols is 1. The fourth-order valence-electron chi connectivity index (χ4n) is 16.6. The molecular formula is C99H103N3O10Si. The minimum atomic E-state index is -3.55. The highest BCUT2D eigenvalue weighted by Gasteiger charge is 2.50. The Hall–Kier alpha value is -11.2. The van der Waals surface area contributed by atoms with Crippen LogP contribution in [0.1, 0.15) is 228 Å². The van der Waals surface area contributed by atoms with Gasteiger partial charge in [-0.15, -0.1) is 0 Å². The Labute approximate surface area is 666 Å². The molecule has 14 rings (SSSR count). The van der Waals surface area contributed by atoms with Crippen molar-refractivity contribution in [1.29, 1.82) is 0 Å². The maximum absolute atomic E-state index is 14.7. The highest BCUT2D eigenvalue weighted by atomic mass is 28.4. The smallest absolute Gasteiger partial charge is 0.351 e. The third kappa shape index (κ3) is 16.0. The van der Waals surface area contributed by atoms with Gasteiger partial charge in [0.05, 0.1) is 18.6 Å². The van der Waals surface area contributed by atoms with Gasteiger partial charge in [-0.3, -0.25) is 33.9 Å². The number of unbranched alkanes of at least 4 members (excludes halogenated alkanes) is 5. The summed E-state index contributed by atoms with van der Waals surface area (Å²) in [5.41, 5.74) is 11.9. The van der Waals surface area contributed by atoms with Crippen molar-refractivity contribution in [3.05, 3.63) is 326 Å². The van der Waals surface area contributed by atoms with Gasteiger partial charge in [0.1, 0.15) is 35.2 Å². The normalized spacial score (nSPS) is 14.3. The van der Waals surface area contributed by atoms with Gasteiger partial charge >= 0.3 is 14.3 Å². The number of nitrogens with zero attached hydrogens (tertiary/aromatic N) is 3. The molecule has 1 N–H and O–H groups in total. The van der Waals surface area contributed by atoms with Crippen LogP contribution < -0.4 is 29.8 Å². The van der Waals surface area contributed by atoms with E-state index in [1.807, 2.05) is 48.5 Å². The van der Waals surface area contributed by atoms with Gasteiger partial charge in [-0.25, -0.2) is 4.79 Å². The fraction of sp³-hybridized carbons (Fsp3) is 0.303. The first-order chi connectivity index (χ1) is 54.4. The van der Waals surface area contributed by atoms with Crippen molar-refractivity contribution in [2.75, 3.05) is 32.8 Å². The van der Waals surface area contributed by atoms with E-state index in [1.165, 1.54) is 43.2 Å². The number of imide groups is 2. The third-order valence-electron chi connectivity index (χ3n) is 22.8. The Morgan fingerprint density at radius 2 is 0.805 bits per heavy atom. The number of ether oxygens (including phenoxy) is 3. The number of hydrogen-bond donors (Lipinski definition) is 1. The maximum atomic E-state index is 14.7. The monoisotopic (exact) mass is 1520 g/mol. The number of carbonyl (C=O) groups is 5. The number of fused-ring (bicyclic) bond motifs is 2. The molecule has 0 aliphatic carbocycles. The Kier molecular flexibility index (Phi) is 22.8. The minimum absolute atomic E-state index is 0.0146. The second-order valence-electron chi connectivity index (χ2n) is 33.6. The lowest BCUT2D eigenvalue weighted by Gasteiger charge is -2.38. The summed E-state index contributed by atoms with van der Waals surface area (Å²) in [7, 11) is -3.55. The molecular weight excluding hydrogens is 1420 g/mol. The van der Waals surface area contributed by atoms with Crippen LogP contribution in [0.15, 0.2) is 243 Å². The average molecular weight is 1520 g/mol. The summed E-state index contributed by atoms with van der Waals surface area (Å²) in [6.45, 7) is 26.1. The van der Waals surface area contributed by atoms with Gasteiger partial charge in [0.15, 0.2) is 0 Å². The van der Waals surface area contributed by atoms with E-state index in [2.05, 4.69) is 220 Å². The van der Waals surface area contributed by atoms with Crippen LogP contribution in [0.5, 0.6) is 23.0 Å². The van der Waals surface area contributed by atoms with Crippen LogP contribution >= 0.6 is 0 Å². The molecule has 11 aromatic rings. The van der Waals surface area contributed by atoms with Gasteiger partial charge in [-0.2, -0.15) is 0 Å². The Bertz CT molecular complexity index is 5070. The summed E-state index contributed by atoms with van der Waals surface area (Å²) in [4.78, 5) is 76.8. The molecule has 0 saturated carbocycles. The first kappa shape index (κ1) is 78.5. The molecule has 11 aromatic carbocycles. The molecule has 14 heteroatoms. The van der Waals surface area contributed by atoms with E-state index in [0.29, 0.717) is 104 Å². The van der Waals surface area contributed by atoms with E-state index >= 15 is 0 Å². The molecule has 4 amide bonds. The van der Waals surface area contributed by atoms with Crippen LogP contribution in [0.3, 0.4) is 0 Å². The molecule has 0 spiro atoms. The molecule has 0 aromatic heterocycles. The Morgan fingerprint density at radius 3 is 1.24 bits per heavy atom. The number of phenolic OH excluding ortho intramolecular Hbond substituents is 1. The molecule has 3 aliphatic heterocycles. The van der Waals surface area contributed by atoms with Crippen LogP contribution in [0.25, 0.3) is 10.8 Å². The molecule has 578 valence electrons. The van der Waals surface area contributed by atoms with Crippen molar-refractivity contribution in [2.24, 2.45) is 0 Å². The van der Waals surface area contributed by atoms with Gasteiger partial charge < -0.3 is 23.7 Å². The summed E-state index contributed by atoms with van der Waals surface area (Å²) < 4.78 is 25.8. The number of rotatable bonds is 27. The number of hydrogen-bond acceptors (Lipinski definition) is 11. The van der Waals surface area contributed by atoms with Gasteiger partial charge in [0.25, 0.3) is 23.6 Å². The molecule has 3 heterocycles. The predicted octanol–water partition coefficient (Wildman–Crippen LogP) is 19.0. The van der Waals surface area contributed by atoms with Crippen LogP contribution in [0, 0.1) is 0 Å². The molecule has 0 bridgehead atoms. The topological polar surface area (TPSA) is 152 Å². The number of amides is 4. The van der Waals surface area contributed by atoms with E-state index < -0.39 is 43.3 Å². The van der Waals surface area contributed by atoms with Gasteiger partial charge in [0.2, 0.25) is 0 Å². The van der Waals surface area contributed by atoms with E-state index in [0.717, 1.165) is 57.4 Å². The van der Waals surface area contributed by atoms with E-state index in [9.17, 15) is 29.1 Å². The largest absolute Gasteiger partial charge is 0.507 e. The summed E-state index contributed by atoms with van der Waals surface area (Å²) >= 11 is 0. The molecule has 0 fully saturated rings. The van der Waals surface area contributed by atoms with Crippen molar-refractivity contribution in [3.8, 4) is 23.0 Å². The van der Waals surface area contributed by atoms with E-state index in [1.54, 1.807) is 48.5 Å². The zero-order valence-electron chi connectivity index (χ0n) is 66.9. The van der Waals surface area contributed by atoms with Crippen LogP contribution in [0.4, 0.5) is 0 Å². The number of carbonyl (C=O) groups excluding carboxylic acids is 5. The fourth-order valence-corrected chi connectivity index (χ4v) is 20.7. The van der Waals surface area contributed by atoms with Gasteiger partial charge in [0, 0.05) is 65.3 Å². The summed E-state index contributed by atoms with van der Waals surface area (Å²) in [5, 5.41) is 15.3. The standard InChI is InChI=1S/C99H103N3O10Si/c1-11-12-57-100-64-68-27-18-20-33-87(68)113(80-31-16-13-17-32-80,88-34-21-19-28-69(88)65-100)112-95(108)81-52-35-67(62-86(81)103)66-111-79-30-26-29-78(63-79)110-61-25-15-23-59-102-93(106)84-55-53-82-89-83(54-56-85(90(84)89)94(102)107)92(105)101(91(82)104)58-22-14-24-60-109-77-50-48-76(49-51-77)99(73-42-36-70(37-43-73)96(2,3)4,74-44-38-71(39-45-74)97(5,6)7)75-46-40-72(41-47-75)98(8,9)10/h13,16-21,26-56,62-63,103H,11-12,14-15,22-25,57-61,64-66H2,1-10H3. The van der Waals surface area contributed by atoms with Gasteiger partial charge in [-0.1, -0.05) is 252 Å². The maximum Gasteiger partial charge on any atom is 0.351 e. The van der Waals surface area contributed by atoms with Gasteiger partial charge in [-0.05, 0) is 200 Å². The van der Waals surface area contributed by atoms with Crippen LogP contribution in [-0.4, -0.2) is 90.6 Å². The lowest BCUT2D eigenvalue weighted by molar-refractivity contribution is 0.0585. The third-order valence-corrected chi connectivity index (χ3v) is 27.0. The summed E-state index contributed by atoms with van der Waals surface area (Å²) in [6.07, 6.45) is 5.95. The Morgan fingerprint density at radius 1 is 0.398 bits per heavy atom. The molecule has 0 unspecified atom stereocenters. The first-order valence-electron chi connectivity index (χ1n) is 40.1. The van der Waals surface area contributed by atoms with Crippen molar-refractivity contribution >= 4 is 64.2 Å². The predicted molar refractivity (Wildman–Crippen MR) is 452 cm³/mol. The zero-order chi connectivity index (χ0) is 79.4. The molecule has 13 nitrogen and oxygen atoms in total. The SMILES string of the molecule is CCCCN1Cc2ccccc2[Si](OC(=O)c2ccc(COc3cccc(OCCCCCN4C(=O)c5ccc6c7c(ccc(c57)C4=O)C(=O)N(CCCCCOc4ccc(C(c5ccc(C(C)(C)C)cc5)(c5ccc(C(C)(C)C)cc5)c5ccc(C(C)(C)C)cc5)cc4)C6=O)c3)cc2O)(c2ccccc2)c2ccccc2C1. The lowest BCUT2D eigenvalue weighted by atomic mass is 9.64. The summed E-state index contributed by atoms with van der Waals surface area (Å²) in [6, 6.07) is 81.5. The van der Waals surface area contributed by atoms with Crippen molar-refractivity contribution in [2.45, 2.75) is 162 Å². The second kappa shape index (κ2) is 32.9. The molecule has 0 atom stereocenters. The van der Waals surface area contributed by atoms with Crippen molar-refractivity contribution in [1.82, 2.24) is 14.7 Å². The van der Waals surface area contributed by atoms with Crippen molar-refractivity contribution < 1.29 is 47.7 Å². The Balaban J connectivity index is 0.559. The van der Waals surface area contributed by atoms with E-state index in [-0.39, 0.29) is 58.4 Å². The minimum Gasteiger partial charge on any atom is -0.507 e.